The van der Waals surface area contributed by atoms with Crippen molar-refractivity contribution in [2.75, 3.05) is 5.75 Å². The summed E-state index contributed by atoms with van der Waals surface area (Å²) in [6, 6.07) is 0. The largest absolute Gasteiger partial charge is 0.481 e. The topological polar surface area (TPSA) is 37.3 Å². The molecule has 80 valence electrons. The maximum atomic E-state index is 10.9. The Morgan fingerprint density at radius 3 is 2.50 bits per heavy atom. The summed E-state index contributed by atoms with van der Waals surface area (Å²) < 4.78 is 0. The molecule has 14 heavy (non-hydrogen) atoms. The van der Waals surface area contributed by atoms with Crippen molar-refractivity contribution in [1.82, 2.24) is 0 Å². The number of carboxylic acid groups (broad SMARTS) is 1. The van der Waals surface area contributed by atoms with Gasteiger partial charge < -0.3 is 5.11 Å². The van der Waals surface area contributed by atoms with Crippen molar-refractivity contribution >= 4 is 17.7 Å². The number of rotatable bonds is 5. The van der Waals surface area contributed by atoms with Crippen molar-refractivity contribution in [2.45, 2.75) is 50.2 Å². The molecule has 0 atom stereocenters. The second kappa shape index (κ2) is 4.13. The zero-order chi connectivity index (χ0) is 10.0. The molecule has 2 fully saturated rings. The van der Waals surface area contributed by atoms with Crippen molar-refractivity contribution < 1.29 is 9.90 Å². The van der Waals surface area contributed by atoms with E-state index in [9.17, 15) is 4.79 Å². The third-order valence-corrected chi connectivity index (χ3v) is 4.93. The minimum absolute atomic E-state index is 0.300. The molecular weight excluding hydrogens is 196 g/mol. The third kappa shape index (κ3) is 2.25. The maximum absolute atomic E-state index is 10.9. The van der Waals surface area contributed by atoms with Gasteiger partial charge in [0.05, 0.1) is 5.41 Å². The number of carboxylic acids is 1. The molecule has 2 rings (SSSR count). The van der Waals surface area contributed by atoms with Gasteiger partial charge in [-0.05, 0) is 37.9 Å². The van der Waals surface area contributed by atoms with Gasteiger partial charge in [0.2, 0.25) is 0 Å². The third-order valence-electron chi connectivity index (χ3n) is 3.54. The van der Waals surface area contributed by atoms with Crippen LogP contribution < -0.4 is 0 Å². The number of aliphatic carboxylic acids is 1. The lowest BCUT2D eigenvalue weighted by molar-refractivity contribution is -0.143. The highest BCUT2D eigenvalue weighted by Crippen LogP contribution is 2.50. The summed E-state index contributed by atoms with van der Waals surface area (Å²) >= 11 is 2.00. The van der Waals surface area contributed by atoms with E-state index >= 15 is 0 Å². The van der Waals surface area contributed by atoms with Gasteiger partial charge in [-0.1, -0.05) is 12.8 Å². The van der Waals surface area contributed by atoms with Crippen molar-refractivity contribution in [3.05, 3.63) is 0 Å². The second-order valence-electron chi connectivity index (χ2n) is 4.61. The monoisotopic (exact) mass is 214 g/mol. The second-order valence-corrected chi connectivity index (χ2v) is 6.02. The molecule has 0 aromatic carbocycles. The summed E-state index contributed by atoms with van der Waals surface area (Å²) in [7, 11) is 0. The highest BCUT2D eigenvalue weighted by atomic mass is 32.2. The van der Waals surface area contributed by atoms with E-state index in [-0.39, 0.29) is 5.41 Å². The molecule has 0 aliphatic heterocycles. The minimum Gasteiger partial charge on any atom is -0.481 e. The summed E-state index contributed by atoms with van der Waals surface area (Å²) in [5.74, 6) is 0.487. The number of hydrogen-bond acceptors (Lipinski definition) is 2. The first-order valence-corrected chi connectivity index (χ1v) is 6.63. The quantitative estimate of drug-likeness (QED) is 0.764. The van der Waals surface area contributed by atoms with Crippen LogP contribution in [0.3, 0.4) is 0 Å². The van der Waals surface area contributed by atoms with Gasteiger partial charge in [-0.2, -0.15) is 11.8 Å². The highest BCUT2D eigenvalue weighted by molar-refractivity contribution is 7.99. The Morgan fingerprint density at radius 1 is 1.36 bits per heavy atom. The average molecular weight is 214 g/mol. The standard InChI is InChI=1S/C11H18O2S/c12-10(13)11(5-6-11)7-8-14-9-3-1-2-4-9/h9H,1-8H2,(H,12,13). The Kier molecular flexibility index (Phi) is 3.05. The van der Waals surface area contributed by atoms with Crippen LogP contribution in [0, 0.1) is 5.41 Å². The summed E-state index contributed by atoms with van der Waals surface area (Å²) in [5, 5.41) is 9.82. The molecule has 3 heteroatoms. The Morgan fingerprint density at radius 2 is 2.00 bits per heavy atom. The van der Waals surface area contributed by atoms with E-state index in [1.165, 1.54) is 25.7 Å². The van der Waals surface area contributed by atoms with Crippen LogP contribution in [0.1, 0.15) is 44.9 Å². The van der Waals surface area contributed by atoms with Crippen molar-refractivity contribution in [2.24, 2.45) is 5.41 Å². The molecule has 1 N–H and O–H groups in total. The van der Waals surface area contributed by atoms with Crippen LogP contribution in [0.25, 0.3) is 0 Å². The van der Waals surface area contributed by atoms with E-state index in [1.807, 2.05) is 11.8 Å². The molecule has 0 heterocycles. The molecule has 0 aromatic heterocycles. The zero-order valence-electron chi connectivity index (χ0n) is 8.50. The lowest BCUT2D eigenvalue weighted by atomic mass is 10.1. The average Bonchev–Trinajstić information content (AvgIpc) is 2.76. The highest BCUT2D eigenvalue weighted by Gasteiger charge is 2.49. The lowest BCUT2D eigenvalue weighted by Gasteiger charge is -2.11. The number of hydrogen-bond donors (Lipinski definition) is 1. The fraction of sp³-hybridized carbons (Fsp3) is 0.909. The van der Waals surface area contributed by atoms with Gasteiger partial charge >= 0.3 is 5.97 Å². The predicted molar refractivity (Wildman–Crippen MR) is 58.6 cm³/mol. The van der Waals surface area contributed by atoms with E-state index in [0.717, 1.165) is 30.3 Å². The first-order valence-electron chi connectivity index (χ1n) is 5.58. The molecule has 0 spiro atoms. The zero-order valence-corrected chi connectivity index (χ0v) is 9.31. The summed E-state index contributed by atoms with van der Waals surface area (Å²) in [4.78, 5) is 10.9. The maximum Gasteiger partial charge on any atom is 0.309 e. The number of thioether (sulfide) groups is 1. The van der Waals surface area contributed by atoms with Crippen molar-refractivity contribution in [3.8, 4) is 0 Å². The molecular formula is C11H18O2S. The Balaban J connectivity index is 1.65. The molecule has 0 radical (unpaired) electrons. The van der Waals surface area contributed by atoms with Crippen LogP contribution in [-0.4, -0.2) is 22.1 Å². The van der Waals surface area contributed by atoms with E-state index < -0.39 is 5.97 Å². The molecule has 0 saturated heterocycles. The van der Waals surface area contributed by atoms with Gasteiger partial charge in [-0.15, -0.1) is 0 Å². The van der Waals surface area contributed by atoms with Gasteiger partial charge in [0.1, 0.15) is 0 Å². The van der Waals surface area contributed by atoms with E-state index in [0.29, 0.717) is 0 Å². The van der Waals surface area contributed by atoms with Gasteiger partial charge in [-0.25, -0.2) is 0 Å². The normalized spacial score (nSPS) is 25.1. The fourth-order valence-corrected chi connectivity index (χ4v) is 3.71. The minimum atomic E-state index is -0.565. The van der Waals surface area contributed by atoms with Crippen LogP contribution >= 0.6 is 11.8 Å². The van der Waals surface area contributed by atoms with E-state index in [4.69, 9.17) is 5.11 Å². The summed E-state index contributed by atoms with van der Waals surface area (Å²) in [5.41, 5.74) is -0.300. The van der Waals surface area contributed by atoms with Crippen LogP contribution in [0.5, 0.6) is 0 Å². The molecule has 2 aliphatic carbocycles. The Labute approximate surface area is 89.5 Å². The van der Waals surface area contributed by atoms with Gasteiger partial charge in [0.15, 0.2) is 0 Å². The molecule has 0 bridgehead atoms. The van der Waals surface area contributed by atoms with Crippen LogP contribution in [0.4, 0.5) is 0 Å². The lowest BCUT2D eigenvalue weighted by Crippen LogP contribution is -2.15. The SMILES string of the molecule is O=C(O)C1(CCSC2CCCC2)CC1. The fourth-order valence-electron chi connectivity index (χ4n) is 2.20. The van der Waals surface area contributed by atoms with Crippen LogP contribution in [0.15, 0.2) is 0 Å². The Hall–Kier alpha value is -0.180. The van der Waals surface area contributed by atoms with Crippen LogP contribution in [-0.2, 0) is 4.79 Å². The molecule has 2 aliphatic rings. The van der Waals surface area contributed by atoms with Crippen LogP contribution in [0.2, 0.25) is 0 Å². The smallest absolute Gasteiger partial charge is 0.309 e. The van der Waals surface area contributed by atoms with Gasteiger partial charge in [0, 0.05) is 5.25 Å². The number of carbonyl (C=O) groups is 1. The first kappa shape index (κ1) is 10.3. The molecule has 0 unspecified atom stereocenters. The summed E-state index contributed by atoms with van der Waals surface area (Å²) in [6.07, 6.45) is 8.17. The Bertz CT molecular complexity index is 217. The van der Waals surface area contributed by atoms with E-state index in [2.05, 4.69) is 0 Å². The van der Waals surface area contributed by atoms with Gasteiger partial charge in [-0.3, -0.25) is 4.79 Å². The molecule has 0 amide bonds. The molecule has 2 nitrogen and oxygen atoms in total. The molecule has 2 saturated carbocycles. The van der Waals surface area contributed by atoms with E-state index in [1.54, 1.807) is 0 Å². The van der Waals surface area contributed by atoms with Crippen molar-refractivity contribution in [1.29, 1.82) is 0 Å². The summed E-state index contributed by atoms with van der Waals surface area (Å²) in [6.45, 7) is 0. The first-order chi connectivity index (χ1) is 6.73. The molecule has 0 aromatic rings. The predicted octanol–water partition coefficient (Wildman–Crippen LogP) is 2.92. The van der Waals surface area contributed by atoms with Gasteiger partial charge in [0.25, 0.3) is 0 Å². The van der Waals surface area contributed by atoms with Crippen molar-refractivity contribution in [3.63, 3.8) is 0 Å².